The SMILES string of the molecule is COC(=O)c1ccnc(N2CC(OC)C(OC)C2)c1. The van der Waals surface area contributed by atoms with Crippen molar-refractivity contribution in [2.24, 2.45) is 0 Å². The number of ether oxygens (including phenoxy) is 3. The first-order valence-electron chi connectivity index (χ1n) is 6.04. The number of aromatic nitrogens is 1. The number of hydrogen-bond donors (Lipinski definition) is 0. The Morgan fingerprint density at radius 2 is 1.89 bits per heavy atom. The lowest BCUT2D eigenvalue weighted by Crippen LogP contribution is -2.27. The van der Waals surface area contributed by atoms with Crippen molar-refractivity contribution in [1.82, 2.24) is 4.98 Å². The van der Waals surface area contributed by atoms with Crippen LogP contribution in [0.15, 0.2) is 18.3 Å². The third kappa shape index (κ3) is 2.85. The molecule has 0 spiro atoms. The van der Waals surface area contributed by atoms with Crippen molar-refractivity contribution in [3.8, 4) is 0 Å². The molecule has 0 aromatic carbocycles. The first kappa shape index (κ1) is 13.8. The highest BCUT2D eigenvalue weighted by Gasteiger charge is 2.33. The molecule has 2 rings (SSSR count). The lowest BCUT2D eigenvalue weighted by molar-refractivity contribution is -0.00461. The molecular weight excluding hydrogens is 248 g/mol. The summed E-state index contributed by atoms with van der Waals surface area (Å²) in [5, 5.41) is 0. The first-order valence-corrected chi connectivity index (χ1v) is 6.04. The first-order chi connectivity index (χ1) is 9.19. The van der Waals surface area contributed by atoms with Gasteiger partial charge in [0.25, 0.3) is 0 Å². The standard InChI is InChI=1S/C13H18N2O4/c1-17-10-7-15(8-11(10)18-2)12-6-9(4-5-14-12)13(16)19-3/h4-6,10-11H,7-8H2,1-3H3. The van der Waals surface area contributed by atoms with E-state index in [4.69, 9.17) is 14.2 Å². The van der Waals surface area contributed by atoms with Crippen molar-refractivity contribution >= 4 is 11.8 Å². The fourth-order valence-corrected chi connectivity index (χ4v) is 2.22. The van der Waals surface area contributed by atoms with Crippen LogP contribution in [0.25, 0.3) is 0 Å². The van der Waals surface area contributed by atoms with Crippen LogP contribution in [-0.2, 0) is 14.2 Å². The summed E-state index contributed by atoms with van der Waals surface area (Å²) in [6, 6.07) is 3.35. The van der Waals surface area contributed by atoms with Gasteiger partial charge in [-0.2, -0.15) is 0 Å². The van der Waals surface area contributed by atoms with Gasteiger partial charge >= 0.3 is 5.97 Å². The number of pyridine rings is 1. The predicted octanol–water partition coefficient (Wildman–Crippen LogP) is 0.718. The lowest BCUT2D eigenvalue weighted by atomic mass is 10.2. The van der Waals surface area contributed by atoms with Crippen LogP contribution >= 0.6 is 0 Å². The molecule has 1 aromatic heterocycles. The van der Waals surface area contributed by atoms with Crippen LogP contribution in [0.5, 0.6) is 0 Å². The molecule has 0 N–H and O–H groups in total. The molecule has 1 saturated heterocycles. The van der Waals surface area contributed by atoms with E-state index in [9.17, 15) is 4.79 Å². The summed E-state index contributed by atoms with van der Waals surface area (Å²) in [5.74, 6) is 0.360. The molecule has 6 nitrogen and oxygen atoms in total. The molecule has 0 saturated carbocycles. The van der Waals surface area contributed by atoms with E-state index in [-0.39, 0.29) is 18.2 Å². The Balaban J connectivity index is 2.17. The molecule has 0 bridgehead atoms. The summed E-state index contributed by atoms with van der Waals surface area (Å²) in [6.45, 7) is 1.37. The van der Waals surface area contributed by atoms with Crippen molar-refractivity contribution in [1.29, 1.82) is 0 Å². The van der Waals surface area contributed by atoms with Gasteiger partial charge in [-0.1, -0.05) is 0 Å². The highest BCUT2D eigenvalue weighted by atomic mass is 16.5. The number of hydrogen-bond acceptors (Lipinski definition) is 6. The van der Waals surface area contributed by atoms with Crippen molar-refractivity contribution in [2.75, 3.05) is 39.3 Å². The smallest absolute Gasteiger partial charge is 0.338 e. The molecule has 2 unspecified atom stereocenters. The number of carbonyl (C=O) groups is 1. The number of anilines is 1. The van der Waals surface area contributed by atoms with Crippen LogP contribution in [0.4, 0.5) is 5.82 Å². The van der Waals surface area contributed by atoms with Gasteiger partial charge in [0.2, 0.25) is 0 Å². The monoisotopic (exact) mass is 266 g/mol. The molecule has 0 radical (unpaired) electrons. The zero-order valence-corrected chi connectivity index (χ0v) is 11.3. The van der Waals surface area contributed by atoms with Gasteiger partial charge in [0.1, 0.15) is 18.0 Å². The van der Waals surface area contributed by atoms with Crippen molar-refractivity contribution in [2.45, 2.75) is 12.2 Å². The second kappa shape index (κ2) is 5.99. The Hall–Kier alpha value is -1.66. The third-order valence-electron chi connectivity index (χ3n) is 3.31. The van der Waals surface area contributed by atoms with E-state index in [1.807, 2.05) is 4.90 Å². The summed E-state index contributed by atoms with van der Waals surface area (Å²) in [5.41, 5.74) is 0.488. The molecule has 0 aliphatic carbocycles. The second-order valence-electron chi connectivity index (χ2n) is 4.35. The van der Waals surface area contributed by atoms with E-state index in [0.29, 0.717) is 18.7 Å². The molecule has 1 aliphatic heterocycles. The van der Waals surface area contributed by atoms with E-state index in [1.54, 1.807) is 32.5 Å². The normalized spacial score (nSPS) is 22.6. The van der Waals surface area contributed by atoms with Gasteiger partial charge in [-0.25, -0.2) is 9.78 Å². The van der Waals surface area contributed by atoms with E-state index in [2.05, 4.69) is 4.98 Å². The zero-order chi connectivity index (χ0) is 13.8. The number of esters is 1. The lowest BCUT2D eigenvalue weighted by Gasteiger charge is -2.17. The zero-order valence-electron chi connectivity index (χ0n) is 11.3. The van der Waals surface area contributed by atoms with Gasteiger partial charge < -0.3 is 19.1 Å². The van der Waals surface area contributed by atoms with Crippen molar-refractivity contribution in [3.63, 3.8) is 0 Å². The van der Waals surface area contributed by atoms with Gasteiger partial charge in [0.05, 0.1) is 12.7 Å². The minimum Gasteiger partial charge on any atom is -0.465 e. The summed E-state index contributed by atoms with van der Waals surface area (Å²) in [4.78, 5) is 17.8. The largest absolute Gasteiger partial charge is 0.465 e. The minimum absolute atomic E-state index is 0.00795. The maximum atomic E-state index is 11.5. The van der Waals surface area contributed by atoms with Crippen LogP contribution in [-0.4, -0.2) is 57.6 Å². The Labute approximate surface area is 112 Å². The predicted molar refractivity (Wildman–Crippen MR) is 69.4 cm³/mol. The van der Waals surface area contributed by atoms with Crippen molar-refractivity contribution < 1.29 is 19.0 Å². The molecule has 0 amide bonds. The topological polar surface area (TPSA) is 60.9 Å². The third-order valence-corrected chi connectivity index (χ3v) is 3.31. The van der Waals surface area contributed by atoms with Gasteiger partial charge in [-0.15, -0.1) is 0 Å². The molecule has 19 heavy (non-hydrogen) atoms. The highest BCUT2D eigenvalue weighted by Crippen LogP contribution is 2.22. The van der Waals surface area contributed by atoms with E-state index in [0.717, 1.165) is 5.82 Å². The van der Waals surface area contributed by atoms with Crippen LogP contribution in [0.3, 0.4) is 0 Å². The van der Waals surface area contributed by atoms with Crippen LogP contribution in [0.2, 0.25) is 0 Å². The Morgan fingerprint density at radius 3 is 2.42 bits per heavy atom. The average Bonchev–Trinajstić information content (AvgIpc) is 2.89. The Morgan fingerprint density at radius 1 is 1.26 bits per heavy atom. The van der Waals surface area contributed by atoms with Crippen molar-refractivity contribution in [3.05, 3.63) is 23.9 Å². The fraction of sp³-hybridized carbons (Fsp3) is 0.538. The van der Waals surface area contributed by atoms with Gasteiger partial charge in [0.15, 0.2) is 0 Å². The number of rotatable bonds is 4. The van der Waals surface area contributed by atoms with Crippen LogP contribution < -0.4 is 4.90 Å². The quantitative estimate of drug-likeness (QED) is 0.748. The molecule has 104 valence electrons. The molecule has 2 atom stereocenters. The van der Waals surface area contributed by atoms with Crippen LogP contribution in [0.1, 0.15) is 10.4 Å². The van der Waals surface area contributed by atoms with Crippen LogP contribution in [0, 0.1) is 0 Å². The highest BCUT2D eigenvalue weighted by molar-refractivity contribution is 5.90. The molecular formula is C13H18N2O4. The molecule has 1 aliphatic rings. The van der Waals surface area contributed by atoms with E-state index >= 15 is 0 Å². The number of carbonyl (C=O) groups excluding carboxylic acids is 1. The Kier molecular flexibility index (Phi) is 4.34. The number of nitrogens with zero attached hydrogens (tertiary/aromatic N) is 2. The van der Waals surface area contributed by atoms with E-state index in [1.165, 1.54) is 7.11 Å². The van der Waals surface area contributed by atoms with Gasteiger partial charge in [-0.3, -0.25) is 0 Å². The van der Waals surface area contributed by atoms with Gasteiger partial charge in [0, 0.05) is 33.5 Å². The molecule has 2 heterocycles. The summed E-state index contributed by atoms with van der Waals surface area (Å²) >= 11 is 0. The second-order valence-corrected chi connectivity index (χ2v) is 4.35. The molecule has 6 heteroatoms. The number of methoxy groups -OCH3 is 3. The summed E-state index contributed by atoms with van der Waals surface area (Å²) in [7, 11) is 4.69. The maximum absolute atomic E-state index is 11.5. The average molecular weight is 266 g/mol. The molecule has 1 aromatic rings. The summed E-state index contributed by atoms with van der Waals surface area (Å²) in [6.07, 6.45) is 1.62. The fourth-order valence-electron chi connectivity index (χ4n) is 2.22. The summed E-state index contributed by atoms with van der Waals surface area (Å²) < 4.78 is 15.5. The van der Waals surface area contributed by atoms with E-state index < -0.39 is 0 Å². The maximum Gasteiger partial charge on any atom is 0.338 e. The molecule has 1 fully saturated rings. The van der Waals surface area contributed by atoms with Gasteiger partial charge in [-0.05, 0) is 12.1 Å². The Bertz CT molecular complexity index is 440. The minimum atomic E-state index is -0.366.